The second-order valence-corrected chi connectivity index (χ2v) is 10.1. The van der Waals surface area contributed by atoms with Crippen LogP contribution >= 0.6 is 0 Å². The third kappa shape index (κ3) is 14.1. The SMILES string of the molecule is NC(=O)c1cccc(CN2CCC(CN3CCc4ccccc4C3)CC2)c1.O=C(O)C=CC(=O)O.O=C(O)C=CC(=O)O. The molecule has 6 N–H and O–H groups in total. The van der Waals surface area contributed by atoms with E-state index >= 15 is 0 Å². The largest absolute Gasteiger partial charge is 0.478 e. The number of likely N-dealkylation sites (tertiary alicyclic amines) is 1. The Morgan fingerprint density at radius 3 is 1.77 bits per heavy atom. The Hall–Kier alpha value is -4.81. The van der Waals surface area contributed by atoms with E-state index < -0.39 is 23.9 Å². The minimum atomic E-state index is -1.26. The van der Waals surface area contributed by atoms with Gasteiger partial charge in [-0.25, -0.2) is 19.2 Å². The highest BCUT2D eigenvalue weighted by atomic mass is 16.4. The number of fused-ring (bicyclic) bond motifs is 1. The maximum Gasteiger partial charge on any atom is 0.328 e. The molecule has 2 heterocycles. The standard InChI is InChI=1S/C23H29N3O.2C4H4O4/c24-23(27)21-7-3-4-19(14-21)16-25-11-8-18(9-12-25)15-26-13-10-20-5-1-2-6-22(20)17-26;2*5-3(6)1-2-4(7)8/h1-7,14,18H,8-13,15-17H2,(H2,24,27);2*1-2H,(H,5,6)(H,7,8). The summed E-state index contributed by atoms with van der Waals surface area (Å²) < 4.78 is 0. The molecular formula is C31H37N3O9. The van der Waals surface area contributed by atoms with Crippen LogP contribution in [0.25, 0.3) is 0 Å². The number of hydrogen-bond acceptors (Lipinski definition) is 7. The number of carbonyl (C=O) groups excluding carboxylic acids is 1. The number of nitrogens with zero attached hydrogens (tertiary/aromatic N) is 2. The van der Waals surface area contributed by atoms with Gasteiger partial charge in [0.05, 0.1) is 0 Å². The van der Waals surface area contributed by atoms with Gasteiger partial charge >= 0.3 is 23.9 Å². The number of amides is 1. The molecule has 12 heteroatoms. The number of hydrogen-bond donors (Lipinski definition) is 5. The first-order valence-corrected chi connectivity index (χ1v) is 13.6. The van der Waals surface area contributed by atoms with Crippen molar-refractivity contribution < 1.29 is 44.4 Å². The summed E-state index contributed by atoms with van der Waals surface area (Å²) in [4.78, 5) is 54.7. The van der Waals surface area contributed by atoms with E-state index in [9.17, 15) is 24.0 Å². The number of carboxylic acids is 4. The van der Waals surface area contributed by atoms with Crippen LogP contribution in [0.1, 0.15) is 39.9 Å². The zero-order valence-electron chi connectivity index (χ0n) is 23.7. The number of nitrogens with two attached hydrogens (primary N) is 1. The number of primary amides is 1. The average molecular weight is 596 g/mol. The van der Waals surface area contributed by atoms with Crippen molar-refractivity contribution in [1.82, 2.24) is 9.80 Å². The molecule has 0 bridgehead atoms. The molecule has 1 saturated heterocycles. The summed E-state index contributed by atoms with van der Waals surface area (Å²) in [5, 5.41) is 31.2. The molecule has 2 aromatic carbocycles. The highest BCUT2D eigenvalue weighted by Crippen LogP contribution is 2.24. The summed E-state index contributed by atoms with van der Waals surface area (Å²) in [6.45, 7) is 6.70. The smallest absolute Gasteiger partial charge is 0.328 e. The minimum Gasteiger partial charge on any atom is -0.478 e. The summed E-state index contributed by atoms with van der Waals surface area (Å²) in [6, 6.07) is 16.6. The molecule has 2 aromatic rings. The average Bonchev–Trinajstić information content (AvgIpc) is 2.97. The minimum absolute atomic E-state index is 0.348. The molecule has 0 aromatic heterocycles. The van der Waals surface area contributed by atoms with Gasteiger partial charge in [-0.3, -0.25) is 14.6 Å². The molecule has 1 amide bonds. The lowest BCUT2D eigenvalue weighted by molar-refractivity contribution is -0.134. The van der Waals surface area contributed by atoms with Gasteiger partial charge in [-0.05, 0) is 67.1 Å². The number of carboxylic acid groups (broad SMARTS) is 4. The molecule has 4 rings (SSSR count). The number of piperidine rings is 1. The van der Waals surface area contributed by atoms with Crippen molar-refractivity contribution in [2.45, 2.75) is 32.4 Å². The van der Waals surface area contributed by atoms with Gasteiger partial charge in [0.25, 0.3) is 0 Å². The first-order valence-electron chi connectivity index (χ1n) is 13.6. The Labute approximate surface area is 249 Å². The highest BCUT2D eigenvalue weighted by Gasteiger charge is 2.23. The first-order chi connectivity index (χ1) is 20.4. The quantitative estimate of drug-likeness (QED) is 0.267. The van der Waals surface area contributed by atoms with Crippen LogP contribution in [0.4, 0.5) is 0 Å². The molecule has 0 unspecified atom stereocenters. The van der Waals surface area contributed by atoms with Crippen LogP contribution in [0.5, 0.6) is 0 Å². The van der Waals surface area contributed by atoms with Crippen LogP contribution in [0.2, 0.25) is 0 Å². The second-order valence-electron chi connectivity index (χ2n) is 10.1. The van der Waals surface area contributed by atoms with E-state index in [4.69, 9.17) is 26.2 Å². The first kappa shape index (κ1) is 34.4. The summed E-state index contributed by atoms with van der Waals surface area (Å²) >= 11 is 0. The fourth-order valence-corrected chi connectivity index (χ4v) is 4.77. The zero-order chi connectivity index (χ0) is 31.8. The van der Waals surface area contributed by atoms with E-state index in [-0.39, 0.29) is 5.91 Å². The second kappa shape index (κ2) is 17.9. The van der Waals surface area contributed by atoms with Gasteiger partial charge < -0.3 is 26.2 Å². The monoisotopic (exact) mass is 595 g/mol. The van der Waals surface area contributed by atoms with Gasteiger partial charge in [0.1, 0.15) is 0 Å². The number of aliphatic carboxylic acids is 4. The van der Waals surface area contributed by atoms with E-state index in [0.717, 1.165) is 32.1 Å². The molecule has 0 spiro atoms. The lowest BCUT2D eigenvalue weighted by Crippen LogP contribution is -2.40. The van der Waals surface area contributed by atoms with Crippen molar-refractivity contribution in [3.05, 3.63) is 95.1 Å². The molecule has 0 radical (unpaired) electrons. The van der Waals surface area contributed by atoms with Gasteiger partial charge in [0, 0.05) is 56.0 Å². The molecule has 0 saturated carbocycles. The van der Waals surface area contributed by atoms with Gasteiger partial charge in [-0.15, -0.1) is 0 Å². The van der Waals surface area contributed by atoms with Crippen LogP contribution in [-0.2, 0) is 38.7 Å². The van der Waals surface area contributed by atoms with Crippen molar-refractivity contribution in [3.8, 4) is 0 Å². The number of benzene rings is 2. The van der Waals surface area contributed by atoms with Gasteiger partial charge in [-0.2, -0.15) is 0 Å². The zero-order valence-corrected chi connectivity index (χ0v) is 23.7. The van der Waals surface area contributed by atoms with E-state index in [1.807, 2.05) is 12.1 Å². The fraction of sp³-hybridized carbons (Fsp3) is 0.323. The highest BCUT2D eigenvalue weighted by molar-refractivity contribution is 5.93. The third-order valence-corrected chi connectivity index (χ3v) is 6.79. The topological polar surface area (TPSA) is 199 Å². The Bertz CT molecular complexity index is 1270. The number of rotatable bonds is 9. The van der Waals surface area contributed by atoms with Crippen molar-refractivity contribution in [1.29, 1.82) is 0 Å². The van der Waals surface area contributed by atoms with E-state index in [0.29, 0.717) is 29.9 Å². The molecule has 1 fully saturated rings. The maximum absolute atomic E-state index is 11.4. The van der Waals surface area contributed by atoms with Crippen LogP contribution in [0.3, 0.4) is 0 Å². The maximum atomic E-state index is 11.4. The Morgan fingerprint density at radius 1 is 0.721 bits per heavy atom. The van der Waals surface area contributed by atoms with Gasteiger partial charge in [0.15, 0.2) is 0 Å². The van der Waals surface area contributed by atoms with Gasteiger partial charge in [0.2, 0.25) is 5.91 Å². The van der Waals surface area contributed by atoms with E-state index in [1.165, 1.54) is 49.0 Å². The lowest BCUT2D eigenvalue weighted by Gasteiger charge is -2.36. The Balaban J connectivity index is 0.000000334. The van der Waals surface area contributed by atoms with Crippen LogP contribution in [-0.4, -0.2) is 86.2 Å². The molecule has 12 nitrogen and oxygen atoms in total. The molecule has 0 atom stereocenters. The Morgan fingerprint density at radius 2 is 1.26 bits per heavy atom. The van der Waals surface area contributed by atoms with Crippen molar-refractivity contribution in [2.24, 2.45) is 11.7 Å². The fourth-order valence-electron chi connectivity index (χ4n) is 4.77. The lowest BCUT2D eigenvalue weighted by atomic mass is 9.93. The number of carbonyl (C=O) groups is 5. The molecule has 0 aliphatic carbocycles. The van der Waals surface area contributed by atoms with Crippen LogP contribution in [0.15, 0.2) is 72.8 Å². The predicted octanol–water partition coefficient (Wildman–Crippen LogP) is 2.48. The van der Waals surface area contributed by atoms with Crippen molar-refractivity contribution >= 4 is 29.8 Å². The summed E-state index contributed by atoms with van der Waals surface area (Å²) in [5.74, 6) is -4.58. The molecular weight excluding hydrogens is 558 g/mol. The molecule has 2 aliphatic rings. The van der Waals surface area contributed by atoms with E-state index in [1.54, 1.807) is 6.07 Å². The van der Waals surface area contributed by atoms with Crippen LogP contribution in [0, 0.1) is 5.92 Å². The summed E-state index contributed by atoms with van der Waals surface area (Å²) in [7, 11) is 0. The third-order valence-electron chi connectivity index (χ3n) is 6.79. The van der Waals surface area contributed by atoms with Crippen LogP contribution < -0.4 is 5.73 Å². The molecule has 43 heavy (non-hydrogen) atoms. The van der Waals surface area contributed by atoms with Gasteiger partial charge in [-0.1, -0.05) is 36.4 Å². The van der Waals surface area contributed by atoms with Crippen molar-refractivity contribution in [2.75, 3.05) is 26.2 Å². The Kier molecular flexibility index (Phi) is 14.3. The van der Waals surface area contributed by atoms with E-state index in [2.05, 4.69) is 40.1 Å². The predicted molar refractivity (Wildman–Crippen MR) is 157 cm³/mol. The normalized spacial score (nSPS) is 15.4. The summed E-state index contributed by atoms with van der Waals surface area (Å²) in [5.41, 5.74) is 10.2. The molecule has 230 valence electrons. The van der Waals surface area contributed by atoms with Crippen molar-refractivity contribution in [3.63, 3.8) is 0 Å². The summed E-state index contributed by atoms with van der Waals surface area (Å²) in [6.07, 6.45) is 5.93. The molecule has 2 aliphatic heterocycles.